The molecule has 1 aromatic heterocycles. The molecule has 0 unspecified atom stereocenters. The van der Waals surface area contributed by atoms with E-state index in [1.54, 1.807) is 13.0 Å². The van der Waals surface area contributed by atoms with Crippen LogP contribution in [-0.2, 0) is 14.9 Å². The molecule has 17 heavy (non-hydrogen) atoms. The van der Waals surface area contributed by atoms with Crippen LogP contribution in [0.5, 0.6) is 0 Å². The quantitative estimate of drug-likeness (QED) is 0.546. The van der Waals surface area contributed by atoms with Gasteiger partial charge in [0, 0.05) is 11.3 Å². The standard InChI is InChI=1S/C13H16N2O2/c1-5-17-12(16)9-7-10-6-8-11(15-14-10)13(2,3)4/h6,8H,5H2,1-4H3. The fraction of sp³-hybridized carbons (Fsp3) is 0.462. The molecule has 0 aliphatic rings. The minimum atomic E-state index is -0.547. The Kier molecular flexibility index (Phi) is 4.22. The molecule has 0 atom stereocenters. The highest BCUT2D eigenvalue weighted by Gasteiger charge is 2.15. The summed E-state index contributed by atoms with van der Waals surface area (Å²) >= 11 is 0. The number of carbonyl (C=O) groups is 1. The van der Waals surface area contributed by atoms with Gasteiger partial charge >= 0.3 is 5.97 Å². The average Bonchev–Trinajstić information content (AvgIpc) is 2.26. The van der Waals surface area contributed by atoms with Gasteiger partial charge in [0.1, 0.15) is 5.69 Å². The van der Waals surface area contributed by atoms with Gasteiger partial charge in [-0.3, -0.25) is 0 Å². The SMILES string of the molecule is CCOC(=O)C#Cc1ccc(C(C)(C)C)nn1. The van der Waals surface area contributed by atoms with Gasteiger partial charge in [0.2, 0.25) is 0 Å². The van der Waals surface area contributed by atoms with Crippen LogP contribution < -0.4 is 0 Å². The highest BCUT2D eigenvalue weighted by Crippen LogP contribution is 2.18. The summed E-state index contributed by atoms with van der Waals surface area (Å²) in [5.74, 6) is 4.41. The molecule has 0 spiro atoms. The summed E-state index contributed by atoms with van der Waals surface area (Å²) in [5.41, 5.74) is 1.31. The predicted molar refractivity (Wildman–Crippen MR) is 64.2 cm³/mol. The van der Waals surface area contributed by atoms with Crippen molar-refractivity contribution in [2.45, 2.75) is 33.1 Å². The first kappa shape index (κ1) is 13.2. The summed E-state index contributed by atoms with van der Waals surface area (Å²) in [6.45, 7) is 8.22. The fourth-order valence-corrected chi connectivity index (χ4v) is 1.08. The van der Waals surface area contributed by atoms with Gasteiger partial charge < -0.3 is 4.74 Å². The summed E-state index contributed by atoms with van der Waals surface area (Å²) in [5, 5.41) is 8.02. The molecular formula is C13H16N2O2. The number of hydrogen-bond acceptors (Lipinski definition) is 4. The topological polar surface area (TPSA) is 52.1 Å². The molecule has 0 aliphatic heterocycles. The predicted octanol–water partition coefficient (Wildman–Crippen LogP) is 1.69. The van der Waals surface area contributed by atoms with Gasteiger partial charge in [-0.15, -0.1) is 5.10 Å². The molecule has 4 nitrogen and oxygen atoms in total. The van der Waals surface area contributed by atoms with E-state index in [1.165, 1.54) is 0 Å². The average molecular weight is 232 g/mol. The van der Waals surface area contributed by atoms with Crippen molar-refractivity contribution in [2.75, 3.05) is 6.61 Å². The van der Waals surface area contributed by atoms with Gasteiger partial charge in [0.05, 0.1) is 12.3 Å². The lowest BCUT2D eigenvalue weighted by atomic mass is 9.92. The Bertz CT molecular complexity index is 447. The van der Waals surface area contributed by atoms with Gasteiger partial charge in [0.15, 0.2) is 0 Å². The van der Waals surface area contributed by atoms with Crippen LogP contribution in [0, 0.1) is 11.8 Å². The van der Waals surface area contributed by atoms with E-state index in [-0.39, 0.29) is 5.41 Å². The Morgan fingerprint density at radius 1 is 1.35 bits per heavy atom. The second kappa shape index (κ2) is 5.44. The summed E-state index contributed by atoms with van der Waals surface area (Å²) in [7, 11) is 0. The van der Waals surface area contributed by atoms with Crippen LogP contribution in [0.15, 0.2) is 12.1 Å². The van der Waals surface area contributed by atoms with Crippen molar-refractivity contribution in [3.8, 4) is 11.8 Å². The zero-order valence-corrected chi connectivity index (χ0v) is 10.6. The third-order valence-corrected chi connectivity index (χ3v) is 2.00. The molecule has 0 saturated carbocycles. The molecule has 0 fully saturated rings. The fourth-order valence-electron chi connectivity index (χ4n) is 1.08. The van der Waals surface area contributed by atoms with Gasteiger partial charge in [-0.05, 0) is 25.0 Å². The van der Waals surface area contributed by atoms with Gasteiger partial charge in [-0.1, -0.05) is 20.8 Å². The molecule has 0 radical (unpaired) electrons. The molecule has 1 aromatic rings. The van der Waals surface area contributed by atoms with E-state index in [1.807, 2.05) is 6.07 Å². The van der Waals surface area contributed by atoms with Crippen molar-refractivity contribution in [1.82, 2.24) is 10.2 Å². The lowest BCUT2D eigenvalue weighted by Crippen LogP contribution is -2.14. The summed E-state index contributed by atoms with van der Waals surface area (Å²) in [4.78, 5) is 11.0. The Labute approximate surface area is 101 Å². The number of rotatable bonds is 1. The van der Waals surface area contributed by atoms with Crippen LogP contribution in [0.25, 0.3) is 0 Å². The first-order valence-corrected chi connectivity index (χ1v) is 5.46. The highest BCUT2D eigenvalue weighted by molar-refractivity contribution is 5.88. The maximum atomic E-state index is 11.0. The molecular weight excluding hydrogens is 216 g/mol. The van der Waals surface area contributed by atoms with E-state index in [2.05, 4.69) is 47.5 Å². The Hall–Kier alpha value is -1.89. The van der Waals surface area contributed by atoms with Crippen LogP contribution in [-0.4, -0.2) is 22.8 Å². The zero-order valence-electron chi connectivity index (χ0n) is 10.6. The van der Waals surface area contributed by atoms with Crippen LogP contribution in [0.4, 0.5) is 0 Å². The Morgan fingerprint density at radius 3 is 2.53 bits per heavy atom. The largest absolute Gasteiger partial charge is 0.456 e. The number of esters is 1. The van der Waals surface area contributed by atoms with E-state index in [9.17, 15) is 4.79 Å². The molecule has 0 aromatic carbocycles. The third kappa shape index (κ3) is 4.23. The lowest BCUT2D eigenvalue weighted by molar-refractivity contribution is -0.136. The zero-order chi connectivity index (χ0) is 12.9. The van der Waals surface area contributed by atoms with Crippen LogP contribution in [0.3, 0.4) is 0 Å². The number of nitrogens with zero attached hydrogens (tertiary/aromatic N) is 2. The smallest absolute Gasteiger partial charge is 0.384 e. The molecule has 0 amide bonds. The molecule has 4 heteroatoms. The maximum absolute atomic E-state index is 11.0. The van der Waals surface area contributed by atoms with Crippen molar-refractivity contribution >= 4 is 5.97 Å². The summed E-state index contributed by atoms with van der Waals surface area (Å²) in [6, 6.07) is 3.61. The summed E-state index contributed by atoms with van der Waals surface area (Å²) in [6.07, 6.45) is 0. The van der Waals surface area contributed by atoms with E-state index in [4.69, 9.17) is 0 Å². The number of aromatic nitrogens is 2. The van der Waals surface area contributed by atoms with Gasteiger partial charge in [-0.25, -0.2) is 4.79 Å². The van der Waals surface area contributed by atoms with Crippen molar-refractivity contribution in [1.29, 1.82) is 0 Å². The second-order valence-corrected chi connectivity index (χ2v) is 4.52. The second-order valence-electron chi connectivity index (χ2n) is 4.52. The Balaban J connectivity index is 2.79. The van der Waals surface area contributed by atoms with Gasteiger partial charge in [-0.2, -0.15) is 5.10 Å². The van der Waals surface area contributed by atoms with E-state index in [0.29, 0.717) is 12.3 Å². The first-order chi connectivity index (χ1) is 7.93. The van der Waals surface area contributed by atoms with Crippen LogP contribution in [0.2, 0.25) is 0 Å². The van der Waals surface area contributed by atoms with E-state index >= 15 is 0 Å². The number of ether oxygens (including phenoxy) is 1. The molecule has 1 rings (SSSR count). The van der Waals surface area contributed by atoms with Crippen molar-refractivity contribution in [3.63, 3.8) is 0 Å². The molecule has 0 aliphatic carbocycles. The Morgan fingerprint density at radius 2 is 2.06 bits per heavy atom. The normalized spacial score (nSPS) is 10.4. The highest BCUT2D eigenvalue weighted by atomic mass is 16.5. The van der Waals surface area contributed by atoms with E-state index < -0.39 is 5.97 Å². The lowest BCUT2D eigenvalue weighted by Gasteiger charge is -2.15. The van der Waals surface area contributed by atoms with Gasteiger partial charge in [0.25, 0.3) is 0 Å². The monoisotopic (exact) mass is 232 g/mol. The minimum absolute atomic E-state index is 0.0416. The first-order valence-electron chi connectivity index (χ1n) is 5.46. The van der Waals surface area contributed by atoms with Crippen LogP contribution >= 0.6 is 0 Å². The van der Waals surface area contributed by atoms with Crippen molar-refractivity contribution in [2.24, 2.45) is 0 Å². The van der Waals surface area contributed by atoms with Crippen LogP contribution in [0.1, 0.15) is 39.1 Å². The minimum Gasteiger partial charge on any atom is -0.456 e. The van der Waals surface area contributed by atoms with Crippen molar-refractivity contribution in [3.05, 3.63) is 23.5 Å². The van der Waals surface area contributed by atoms with E-state index in [0.717, 1.165) is 5.69 Å². The van der Waals surface area contributed by atoms with Crippen molar-refractivity contribution < 1.29 is 9.53 Å². The molecule has 0 N–H and O–H groups in total. The molecule has 0 bridgehead atoms. The third-order valence-electron chi connectivity index (χ3n) is 2.00. The maximum Gasteiger partial charge on any atom is 0.384 e. The summed E-state index contributed by atoms with van der Waals surface area (Å²) < 4.78 is 4.68. The number of hydrogen-bond donors (Lipinski definition) is 0. The molecule has 90 valence electrons. The number of carbonyl (C=O) groups excluding carboxylic acids is 1. The molecule has 0 saturated heterocycles. The molecule has 1 heterocycles.